The van der Waals surface area contributed by atoms with Gasteiger partial charge in [0.05, 0.1) is 0 Å². The summed E-state index contributed by atoms with van der Waals surface area (Å²) in [5.41, 5.74) is 3.91. The molecule has 0 aromatic heterocycles. The first-order chi connectivity index (χ1) is 9.47. The normalized spacial score (nSPS) is 12.4. The number of halogens is 2. The molecule has 2 aromatic rings. The molecule has 3 heteroatoms. The lowest BCUT2D eigenvalue weighted by Gasteiger charge is -2.17. The van der Waals surface area contributed by atoms with E-state index in [1.54, 1.807) is 0 Å². The van der Waals surface area contributed by atoms with Gasteiger partial charge in [-0.3, -0.25) is 0 Å². The Morgan fingerprint density at radius 1 is 1.05 bits per heavy atom. The average Bonchev–Trinajstić information content (AvgIpc) is 2.42. The molecule has 0 bridgehead atoms. The third-order valence-electron chi connectivity index (χ3n) is 3.51. The van der Waals surface area contributed by atoms with Crippen LogP contribution in [0.3, 0.4) is 0 Å². The molecule has 0 saturated heterocycles. The Kier molecular flexibility index (Phi) is 4.50. The molecule has 0 aliphatic carbocycles. The fourth-order valence-corrected chi connectivity index (χ4v) is 2.28. The first-order valence-corrected chi connectivity index (χ1v) is 6.72. The van der Waals surface area contributed by atoms with Crippen LogP contribution in [0.5, 0.6) is 0 Å². The van der Waals surface area contributed by atoms with Crippen LogP contribution in [0.4, 0.5) is 8.78 Å². The number of hydrogen-bond acceptors (Lipinski definition) is 1. The molecule has 1 unspecified atom stereocenters. The van der Waals surface area contributed by atoms with E-state index in [0.717, 1.165) is 12.1 Å². The summed E-state index contributed by atoms with van der Waals surface area (Å²) in [6, 6.07) is 9.87. The van der Waals surface area contributed by atoms with Crippen molar-refractivity contribution in [1.82, 2.24) is 5.32 Å². The molecule has 0 aliphatic rings. The molecular formula is C17H19F2N. The van der Waals surface area contributed by atoms with E-state index in [2.05, 4.69) is 30.4 Å². The van der Waals surface area contributed by atoms with Crippen LogP contribution in [0.25, 0.3) is 0 Å². The minimum absolute atomic E-state index is 0.0811. The quantitative estimate of drug-likeness (QED) is 0.870. The maximum absolute atomic E-state index is 13.6. The second-order valence-electron chi connectivity index (χ2n) is 5.20. The zero-order chi connectivity index (χ0) is 14.7. The molecule has 2 aromatic carbocycles. The van der Waals surface area contributed by atoms with Crippen molar-refractivity contribution in [3.63, 3.8) is 0 Å². The Bertz CT molecular complexity index is 608. The fraction of sp³-hybridized carbons (Fsp3) is 0.294. The molecule has 0 spiro atoms. The van der Waals surface area contributed by atoms with Gasteiger partial charge in [-0.1, -0.05) is 23.8 Å². The predicted molar refractivity (Wildman–Crippen MR) is 77.5 cm³/mol. The average molecular weight is 275 g/mol. The van der Waals surface area contributed by atoms with Crippen molar-refractivity contribution in [3.8, 4) is 0 Å². The van der Waals surface area contributed by atoms with Crippen LogP contribution in [-0.2, 0) is 6.54 Å². The lowest BCUT2D eigenvalue weighted by atomic mass is 10.00. The Morgan fingerprint density at radius 2 is 1.80 bits per heavy atom. The fourth-order valence-electron chi connectivity index (χ4n) is 2.28. The van der Waals surface area contributed by atoms with Gasteiger partial charge in [0.25, 0.3) is 0 Å². The van der Waals surface area contributed by atoms with Crippen molar-refractivity contribution in [2.24, 2.45) is 0 Å². The minimum atomic E-state index is -0.414. The third-order valence-corrected chi connectivity index (χ3v) is 3.51. The Balaban J connectivity index is 2.10. The molecule has 0 radical (unpaired) electrons. The van der Waals surface area contributed by atoms with Gasteiger partial charge < -0.3 is 5.32 Å². The first-order valence-electron chi connectivity index (χ1n) is 6.72. The highest BCUT2D eigenvalue weighted by Gasteiger charge is 2.10. The number of hydrogen-bond donors (Lipinski definition) is 1. The van der Waals surface area contributed by atoms with Crippen LogP contribution >= 0.6 is 0 Å². The molecule has 106 valence electrons. The molecular weight excluding hydrogens is 256 g/mol. The van der Waals surface area contributed by atoms with E-state index >= 15 is 0 Å². The summed E-state index contributed by atoms with van der Waals surface area (Å²) in [6.07, 6.45) is 0. The van der Waals surface area contributed by atoms with Gasteiger partial charge in [-0.15, -0.1) is 0 Å². The summed E-state index contributed by atoms with van der Waals surface area (Å²) in [5.74, 6) is -0.797. The predicted octanol–water partition coefficient (Wildman–Crippen LogP) is 4.43. The molecule has 20 heavy (non-hydrogen) atoms. The maximum Gasteiger partial charge on any atom is 0.127 e. The van der Waals surface area contributed by atoms with Gasteiger partial charge in [0.1, 0.15) is 11.6 Å². The lowest BCUT2D eigenvalue weighted by Crippen LogP contribution is -2.19. The van der Waals surface area contributed by atoms with Crippen molar-refractivity contribution in [2.45, 2.75) is 33.4 Å². The molecule has 0 aliphatic heterocycles. The number of nitrogens with one attached hydrogen (secondary N) is 1. The van der Waals surface area contributed by atoms with Gasteiger partial charge in [0.2, 0.25) is 0 Å². The second-order valence-corrected chi connectivity index (χ2v) is 5.20. The first kappa shape index (κ1) is 14.7. The van der Waals surface area contributed by atoms with Crippen LogP contribution in [0.15, 0.2) is 36.4 Å². The molecule has 0 heterocycles. The minimum Gasteiger partial charge on any atom is -0.306 e. The molecule has 1 atom stereocenters. The van der Waals surface area contributed by atoms with E-state index in [0.29, 0.717) is 12.1 Å². The highest BCUT2D eigenvalue weighted by Crippen LogP contribution is 2.20. The number of rotatable bonds is 4. The zero-order valence-corrected chi connectivity index (χ0v) is 12.0. The van der Waals surface area contributed by atoms with Gasteiger partial charge in [0, 0.05) is 18.2 Å². The van der Waals surface area contributed by atoms with Gasteiger partial charge in [0.15, 0.2) is 0 Å². The van der Waals surface area contributed by atoms with E-state index in [-0.39, 0.29) is 11.9 Å². The SMILES string of the molecule is Cc1ccc(C)c(C(C)NCc2cc(F)ccc2F)c1. The van der Waals surface area contributed by atoms with Crippen molar-refractivity contribution >= 4 is 0 Å². The van der Waals surface area contributed by atoms with Gasteiger partial charge >= 0.3 is 0 Å². The van der Waals surface area contributed by atoms with E-state index in [4.69, 9.17) is 0 Å². The molecule has 2 rings (SSSR count). The lowest BCUT2D eigenvalue weighted by molar-refractivity contribution is 0.534. The summed E-state index contributed by atoms with van der Waals surface area (Å²) in [5, 5.41) is 3.24. The smallest absolute Gasteiger partial charge is 0.127 e. The summed E-state index contributed by atoms with van der Waals surface area (Å²) < 4.78 is 26.7. The molecule has 0 amide bonds. The van der Waals surface area contributed by atoms with Gasteiger partial charge in [-0.25, -0.2) is 8.78 Å². The molecule has 0 saturated carbocycles. The van der Waals surface area contributed by atoms with Crippen LogP contribution in [0.2, 0.25) is 0 Å². The van der Waals surface area contributed by atoms with Gasteiger partial charge in [-0.2, -0.15) is 0 Å². The molecule has 1 nitrogen and oxygen atoms in total. The number of aryl methyl sites for hydroxylation is 2. The summed E-state index contributed by atoms with van der Waals surface area (Å²) in [6.45, 7) is 6.43. The standard InChI is InChI=1S/C17H19F2N/c1-11-4-5-12(2)16(8-11)13(3)20-10-14-9-15(18)6-7-17(14)19/h4-9,13,20H,10H2,1-3H3. The van der Waals surface area contributed by atoms with Gasteiger partial charge in [-0.05, 0) is 50.1 Å². The van der Waals surface area contributed by atoms with E-state index in [1.807, 2.05) is 13.8 Å². The second kappa shape index (κ2) is 6.14. The summed E-state index contributed by atoms with van der Waals surface area (Å²) in [7, 11) is 0. The van der Waals surface area contributed by atoms with Crippen LogP contribution in [0, 0.1) is 25.5 Å². The Hall–Kier alpha value is -1.74. The topological polar surface area (TPSA) is 12.0 Å². The van der Waals surface area contributed by atoms with Crippen LogP contribution in [0.1, 0.15) is 35.2 Å². The largest absolute Gasteiger partial charge is 0.306 e. The summed E-state index contributed by atoms with van der Waals surface area (Å²) >= 11 is 0. The summed E-state index contributed by atoms with van der Waals surface area (Å²) in [4.78, 5) is 0. The Labute approximate surface area is 118 Å². The zero-order valence-electron chi connectivity index (χ0n) is 12.0. The van der Waals surface area contributed by atoms with Crippen molar-refractivity contribution in [3.05, 3.63) is 70.3 Å². The molecule has 0 fully saturated rings. The highest BCUT2D eigenvalue weighted by atomic mass is 19.1. The monoisotopic (exact) mass is 275 g/mol. The Morgan fingerprint density at radius 3 is 2.55 bits per heavy atom. The van der Waals surface area contributed by atoms with Crippen molar-refractivity contribution in [1.29, 1.82) is 0 Å². The van der Waals surface area contributed by atoms with Crippen LogP contribution < -0.4 is 5.32 Å². The maximum atomic E-state index is 13.6. The van der Waals surface area contributed by atoms with Crippen LogP contribution in [-0.4, -0.2) is 0 Å². The number of benzene rings is 2. The molecule has 1 N–H and O–H groups in total. The van der Waals surface area contributed by atoms with E-state index in [9.17, 15) is 8.78 Å². The highest BCUT2D eigenvalue weighted by molar-refractivity contribution is 5.32. The third kappa shape index (κ3) is 3.42. The van der Waals surface area contributed by atoms with E-state index < -0.39 is 5.82 Å². The van der Waals surface area contributed by atoms with Crippen molar-refractivity contribution in [2.75, 3.05) is 0 Å². The van der Waals surface area contributed by atoms with E-state index in [1.165, 1.54) is 22.8 Å². The van der Waals surface area contributed by atoms with Crippen molar-refractivity contribution < 1.29 is 8.78 Å².